The third-order valence-electron chi connectivity index (χ3n) is 5.76. The molecule has 0 radical (unpaired) electrons. The van der Waals surface area contributed by atoms with Crippen molar-refractivity contribution in [2.45, 2.75) is 122 Å². The summed E-state index contributed by atoms with van der Waals surface area (Å²) in [7, 11) is 0. The van der Waals surface area contributed by atoms with Crippen LogP contribution in [0.25, 0.3) is 0 Å². The lowest BCUT2D eigenvalue weighted by Gasteiger charge is -2.18. The van der Waals surface area contributed by atoms with E-state index in [0.29, 0.717) is 12.0 Å². The number of hydrogen-bond donors (Lipinski definition) is 0. The van der Waals surface area contributed by atoms with E-state index in [9.17, 15) is 9.59 Å². The highest BCUT2D eigenvalue weighted by atomic mass is 16.5. The Hall–Kier alpha value is -1.64. The number of carbonyl (C=O) groups excluding carboxylic acids is 2. The second-order valence-electron chi connectivity index (χ2n) is 8.52. The van der Waals surface area contributed by atoms with Gasteiger partial charge in [-0.15, -0.1) is 0 Å². The zero-order valence-electron chi connectivity index (χ0n) is 19.3. The number of unbranched alkanes of at least 4 members (excludes halogenated alkanes) is 13. The number of aldehydes is 1. The zero-order valence-corrected chi connectivity index (χ0v) is 19.3. The lowest BCUT2D eigenvalue weighted by Crippen LogP contribution is -2.18. The highest BCUT2D eigenvalue weighted by molar-refractivity contribution is 5.89. The molecule has 0 aliphatic carbocycles. The minimum atomic E-state index is -0.186. The fraction of sp³-hybridized carbons (Fsp3) is 0.704. The average molecular weight is 417 g/mol. The monoisotopic (exact) mass is 416 g/mol. The molecule has 0 bridgehead atoms. The summed E-state index contributed by atoms with van der Waals surface area (Å²) in [6, 6.07) is 9.34. The Balaban J connectivity index is 2.28. The molecule has 1 unspecified atom stereocenters. The molecule has 0 aliphatic rings. The standard InChI is InChI=1S/C27H44O3/c1-2-3-4-5-6-8-11-17-22-26(23-18-12-9-7-10-13-19-24-28)30-27(29)25-20-15-14-16-21-25/h14-16,20-21,24,26H,2-13,17-19,22-23H2,1H3. The topological polar surface area (TPSA) is 43.4 Å². The lowest BCUT2D eigenvalue weighted by molar-refractivity contribution is -0.107. The van der Waals surface area contributed by atoms with Gasteiger partial charge in [-0.25, -0.2) is 4.79 Å². The SMILES string of the molecule is CCCCCCCCCCC(CCCCCCCCC=O)OC(=O)c1ccccc1. The summed E-state index contributed by atoms with van der Waals surface area (Å²) >= 11 is 0. The third kappa shape index (κ3) is 14.4. The summed E-state index contributed by atoms with van der Waals surface area (Å²) in [5.74, 6) is -0.186. The first kappa shape index (κ1) is 26.4. The van der Waals surface area contributed by atoms with Crippen LogP contribution in [-0.2, 0) is 9.53 Å². The summed E-state index contributed by atoms with van der Waals surface area (Å²) in [4.78, 5) is 22.8. The molecule has 3 heteroatoms. The van der Waals surface area contributed by atoms with Crippen LogP contribution in [-0.4, -0.2) is 18.4 Å². The molecule has 0 saturated carbocycles. The Kier molecular flexibility index (Phi) is 17.0. The molecular formula is C27H44O3. The van der Waals surface area contributed by atoms with Crippen LogP contribution in [0.1, 0.15) is 126 Å². The van der Waals surface area contributed by atoms with E-state index >= 15 is 0 Å². The molecule has 0 amide bonds. The average Bonchev–Trinajstić information content (AvgIpc) is 2.77. The number of ether oxygens (including phenoxy) is 1. The highest BCUT2D eigenvalue weighted by Crippen LogP contribution is 2.18. The summed E-state index contributed by atoms with van der Waals surface area (Å²) in [6.45, 7) is 2.25. The molecule has 0 heterocycles. The predicted octanol–water partition coefficient (Wildman–Crippen LogP) is 8.06. The Morgan fingerprint density at radius 3 is 1.80 bits per heavy atom. The smallest absolute Gasteiger partial charge is 0.338 e. The van der Waals surface area contributed by atoms with E-state index in [0.717, 1.165) is 44.8 Å². The van der Waals surface area contributed by atoms with Crippen molar-refractivity contribution in [1.82, 2.24) is 0 Å². The van der Waals surface area contributed by atoms with Crippen molar-refractivity contribution in [3.05, 3.63) is 35.9 Å². The summed E-state index contributed by atoms with van der Waals surface area (Å²) < 4.78 is 5.88. The summed E-state index contributed by atoms with van der Waals surface area (Å²) in [5.41, 5.74) is 0.647. The van der Waals surface area contributed by atoms with Gasteiger partial charge in [-0.3, -0.25) is 0 Å². The van der Waals surface area contributed by atoms with Crippen LogP contribution in [0.15, 0.2) is 30.3 Å². The van der Waals surface area contributed by atoms with E-state index in [2.05, 4.69) is 6.92 Å². The van der Waals surface area contributed by atoms with E-state index in [-0.39, 0.29) is 12.1 Å². The molecular weight excluding hydrogens is 372 g/mol. The van der Waals surface area contributed by atoms with Gasteiger partial charge in [-0.2, -0.15) is 0 Å². The van der Waals surface area contributed by atoms with Crippen molar-refractivity contribution in [2.75, 3.05) is 0 Å². The van der Waals surface area contributed by atoms with Gasteiger partial charge in [0.15, 0.2) is 0 Å². The Morgan fingerprint density at radius 1 is 0.767 bits per heavy atom. The van der Waals surface area contributed by atoms with Crippen LogP contribution < -0.4 is 0 Å². The van der Waals surface area contributed by atoms with E-state index in [1.807, 2.05) is 30.3 Å². The summed E-state index contributed by atoms with van der Waals surface area (Å²) in [6.07, 6.45) is 20.9. The van der Waals surface area contributed by atoms with E-state index in [1.54, 1.807) is 0 Å². The third-order valence-corrected chi connectivity index (χ3v) is 5.76. The van der Waals surface area contributed by atoms with E-state index < -0.39 is 0 Å². The minimum Gasteiger partial charge on any atom is -0.459 e. The molecule has 0 aromatic heterocycles. The van der Waals surface area contributed by atoms with Crippen LogP contribution in [0.2, 0.25) is 0 Å². The maximum Gasteiger partial charge on any atom is 0.338 e. The van der Waals surface area contributed by atoms with Gasteiger partial charge in [0, 0.05) is 6.42 Å². The largest absolute Gasteiger partial charge is 0.459 e. The van der Waals surface area contributed by atoms with Gasteiger partial charge in [-0.1, -0.05) is 95.8 Å². The van der Waals surface area contributed by atoms with Crippen LogP contribution in [0.4, 0.5) is 0 Å². The maximum atomic E-state index is 12.5. The van der Waals surface area contributed by atoms with Crippen molar-refractivity contribution in [3.63, 3.8) is 0 Å². The van der Waals surface area contributed by atoms with Crippen molar-refractivity contribution in [3.8, 4) is 0 Å². The second kappa shape index (κ2) is 19.3. The van der Waals surface area contributed by atoms with Gasteiger partial charge in [0.2, 0.25) is 0 Å². The number of esters is 1. The predicted molar refractivity (Wildman–Crippen MR) is 126 cm³/mol. The second-order valence-corrected chi connectivity index (χ2v) is 8.52. The Morgan fingerprint density at radius 2 is 1.27 bits per heavy atom. The number of hydrogen-bond acceptors (Lipinski definition) is 3. The van der Waals surface area contributed by atoms with Gasteiger partial charge >= 0.3 is 5.97 Å². The number of carbonyl (C=O) groups is 2. The van der Waals surface area contributed by atoms with Crippen molar-refractivity contribution in [1.29, 1.82) is 0 Å². The van der Waals surface area contributed by atoms with Crippen LogP contribution >= 0.6 is 0 Å². The van der Waals surface area contributed by atoms with Crippen LogP contribution in [0, 0.1) is 0 Å². The van der Waals surface area contributed by atoms with Crippen molar-refractivity contribution < 1.29 is 14.3 Å². The van der Waals surface area contributed by atoms with Gasteiger partial charge in [-0.05, 0) is 44.2 Å². The highest BCUT2D eigenvalue weighted by Gasteiger charge is 2.15. The molecule has 0 fully saturated rings. The molecule has 1 aromatic carbocycles. The quantitative estimate of drug-likeness (QED) is 0.123. The first-order valence-electron chi connectivity index (χ1n) is 12.5. The van der Waals surface area contributed by atoms with Crippen molar-refractivity contribution >= 4 is 12.3 Å². The molecule has 170 valence electrons. The fourth-order valence-electron chi connectivity index (χ4n) is 3.87. The fourth-order valence-corrected chi connectivity index (χ4v) is 3.87. The normalized spacial score (nSPS) is 11.9. The molecule has 0 spiro atoms. The maximum absolute atomic E-state index is 12.5. The molecule has 30 heavy (non-hydrogen) atoms. The zero-order chi connectivity index (χ0) is 21.7. The Labute approximate surface area is 185 Å². The van der Waals surface area contributed by atoms with E-state index in [1.165, 1.54) is 64.2 Å². The minimum absolute atomic E-state index is 0.0351. The molecule has 0 N–H and O–H groups in total. The van der Waals surface area contributed by atoms with Gasteiger partial charge in [0.25, 0.3) is 0 Å². The summed E-state index contributed by atoms with van der Waals surface area (Å²) in [5, 5.41) is 0. The lowest BCUT2D eigenvalue weighted by atomic mass is 10.0. The molecule has 3 nitrogen and oxygen atoms in total. The van der Waals surface area contributed by atoms with Gasteiger partial charge < -0.3 is 9.53 Å². The van der Waals surface area contributed by atoms with Gasteiger partial charge in [0.05, 0.1) is 5.56 Å². The molecule has 1 atom stereocenters. The van der Waals surface area contributed by atoms with Crippen molar-refractivity contribution in [2.24, 2.45) is 0 Å². The number of rotatable bonds is 20. The number of benzene rings is 1. The van der Waals surface area contributed by atoms with Crippen LogP contribution in [0.5, 0.6) is 0 Å². The molecule has 0 saturated heterocycles. The molecule has 1 rings (SSSR count). The first-order valence-corrected chi connectivity index (χ1v) is 12.5. The van der Waals surface area contributed by atoms with Gasteiger partial charge in [0.1, 0.15) is 12.4 Å². The Bertz CT molecular complexity index is 526. The molecule has 0 aliphatic heterocycles. The van der Waals surface area contributed by atoms with E-state index in [4.69, 9.17) is 4.74 Å². The van der Waals surface area contributed by atoms with Crippen LogP contribution in [0.3, 0.4) is 0 Å². The first-order chi connectivity index (χ1) is 14.8. The molecule has 1 aromatic rings.